The van der Waals surface area contributed by atoms with E-state index in [-0.39, 0.29) is 0 Å². The van der Waals surface area contributed by atoms with Crippen LogP contribution in [0.3, 0.4) is 0 Å². The summed E-state index contributed by atoms with van der Waals surface area (Å²) in [5, 5.41) is 8.87. The highest BCUT2D eigenvalue weighted by molar-refractivity contribution is 9.08. The molecular formula is C10H12BrN5. The predicted octanol–water partition coefficient (Wildman–Crippen LogP) is 1.75. The van der Waals surface area contributed by atoms with E-state index >= 15 is 0 Å². The molecule has 0 N–H and O–H groups in total. The average Bonchev–Trinajstić information content (AvgIpc) is 2.88. The van der Waals surface area contributed by atoms with Gasteiger partial charge < -0.3 is 4.57 Å². The van der Waals surface area contributed by atoms with E-state index in [1.807, 2.05) is 23.4 Å². The Morgan fingerprint density at radius 3 is 3.00 bits per heavy atom. The topological polar surface area (TPSA) is 48.5 Å². The minimum Gasteiger partial charge on any atom is -0.330 e. The molecule has 16 heavy (non-hydrogen) atoms. The van der Waals surface area contributed by atoms with Crippen molar-refractivity contribution < 1.29 is 0 Å². The summed E-state index contributed by atoms with van der Waals surface area (Å²) in [7, 11) is 0. The largest absolute Gasteiger partial charge is 0.330 e. The summed E-state index contributed by atoms with van der Waals surface area (Å²) in [6.07, 6.45) is 8.32. The number of hydrogen-bond donors (Lipinski definition) is 0. The van der Waals surface area contributed by atoms with Crippen molar-refractivity contribution in [1.82, 2.24) is 24.5 Å². The summed E-state index contributed by atoms with van der Waals surface area (Å²) < 4.78 is 4.10. The van der Waals surface area contributed by atoms with Crippen molar-refractivity contribution in [3.63, 3.8) is 0 Å². The summed E-state index contributed by atoms with van der Waals surface area (Å²) in [4.78, 5) is 4.20. The van der Waals surface area contributed by atoms with Crippen LogP contribution < -0.4 is 0 Å². The quantitative estimate of drug-likeness (QED) is 0.803. The van der Waals surface area contributed by atoms with Crippen LogP contribution in [0.1, 0.15) is 30.3 Å². The molecule has 1 aliphatic carbocycles. The number of hydrogen-bond acceptors (Lipinski definition) is 3. The third kappa shape index (κ3) is 1.89. The molecule has 5 nitrogen and oxygen atoms in total. The summed E-state index contributed by atoms with van der Waals surface area (Å²) >= 11 is 3.36. The molecule has 0 radical (unpaired) electrons. The first-order valence-electron chi connectivity index (χ1n) is 5.32. The molecule has 1 saturated carbocycles. The molecule has 0 aromatic carbocycles. The van der Waals surface area contributed by atoms with Crippen LogP contribution in [0, 0.1) is 0 Å². The van der Waals surface area contributed by atoms with E-state index in [4.69, 9.17) is 0 Å². The van der Waals surface area contributed by atoms with E-state index in [1.165, 1.54) is 18.5 Å². The Bertz CT molecular complexity index is 485. The molecule has 0 atom stereocenters. The van der Waals surface area contributed by atoms with Gasteiger partial charge in [-0.3, -0.25) is 0 Å². The van der Waals surface area contributed by atoms with Gasteiger partial charge in [0.2, 0.25) is 0 Å². The fourth-order valence-corrected chi connectivity index (χ4v) is 2.04. The Kier molecular flexibility index (Phi) is 2.51. The number of imidazole rings is 1. The molecule has 6 heteroatoms. The summed E-state index contributed by atoms with van der Waals surface area (Å²) in [5.74, 6) is 0. The standard InChI is InChI=1S/C10H12BrN5/c11-3-8-5-15(14-13-8)6-10-4-12-7-16(10)9-1-2-9/h4-5,7,9H,1-3,6H2. The Labute approximate surface area is 102 Å². The van der Waals surface area contributed by atoms with Crippen LogP contribution in [0.4, 0.5) is 0 Å². The van der Waals surface area contributed by atoms with Gasteiger partial charge in [-0.1, -0.05) is 21.1 Å². The van der Waals surface area contributed by atoms with Crippen LogP contribution in [-0.4, -0.2) is 24.5 Å². The lowest BCUT2D eigenvalue weighted by atomic mass is 10.4. The van der Waals surface area contributed by atoms with Gasteiger partial charge in [0, 0.05) is 17.6 Å². The minimum atomic E-state index is 0.664. The fourth-order valence-electron chi connectivity index (χ4n) is 1.78. The van der Waals surface area contributed by atoms with Gasteiger partial charge in [0.15, 0.2) is 0 Å². The van der Waals surface area contributed by atoms with Crippen molar-refractivity contribution in [2.75, 3.05) is 0 Å². The van der Waals surface area contributed by atoms with E-state index in [0.29, 0.717) is 6.04 Å². The van der Waals surface area contributed by atoms with Crippen molar-refractivity contribution in [2.45, 2.75) is 30.8 Å². The summed E-state index contributed by atoms with van der Waals surface area (Å²) in [5.41, 5.74) is 2.16. The first-order chi connectivity index (χ1) is 7.86. The lowest BCUT2D eigenvalue weighted by molar-refractivity contribution is 0.597. The van der Waals surface area contributed by atoms with Gasteiger partial charge in [-0.2, -0.15) is 0 Å². The smallest absolute Gasteiger partial charge is 0.0951 e. The van der Waals surface area contributed by atoms with Gasteiger partial charge in [0.25, 0.3) is 0 Å². The summed E-state index contributed by atoms with van der Waals surface area (Å²) in [6, 6.07) is 0.664. The first kappa shape index (κ1) is 10.0. The van der Waals surface area contributed by atoms with Crippen LogP contribution in [-0.2, 0) is 11.9 Å². The second kappa shape index (κ2) is 4.01. The van der Waals surface area contributed by atoms with Gasteiger partial charge in [0.1, 0.15) is 0 Å². The van der Waals surface area contributed by atoms with Gasteiger partial charge in [-0.05, 0) is 12.8 Å². The maximum atomic E-state index is 4.20. The van der Waals surface area contributed by atoms with Gasteiger partial charge in [-0.25, -0.2) is 9.67 Å². The molecule has 0 spiro atoms. The van der Waals surface area contributed by atoms with E-state index in [9.17, 15) is 0 Å². The molecule has 0 amide bonds. The number of halogens is 1. The fraction of sp³-hybridized carbons (Fsp3) is 0.500. The number of alkyl halides is 1. The first-order valence-corrected chi connectivity index (χ1v) is 6.44. The number of aromatic nitrogens is 5. The molecule has 2 aromatic rings. The highest BCUT2D eigenvalue weighted by Gasteiger charge is 2.25. The van der Waals surface area contributed by atoms with E-state index in [2.05, 4.69) is 35.8 Å². The Balaban J connectivity index is 1.79. The maximum Gasteiger partial charge on any atom is 0.0951 e. The van der Waals surface area contributed by atoms with E-state index < -0.39 is 0 Å². The zero-order chi connectivity index (χ0) is 11.0. The van der Waals surface area contributed by atoms with Gasteiger partial charge in [-0.15, -0.1) is 5.10 Å². The van der Waals surface area contributed by atoms with Crippen LogP contribution in [0.25, 0.3) is 0 Å². The van der Waals surface area contributed by atoms with Crippen LogP contribution in [0.5, 0.6) is 0 Å². The second-order valence-corrected chi connectivity index (χ2v) is 4.63. The Morgan fingerprint density at radius 2 is 2.31 bits per heavy atom. The normalized spacial score (nSPS) is 15.6. The van der Waals surface area contributed by atoms with Crippen molar-refractivity contribution in [3.8, 4) is 0 Å². The monoisotopic (exact) mass is 281 g/mol. The van der Waals surface area contributed by atoms with Gasteiger partial charge >= 0.3 is 0 Å². The van der Waals surface area contributed by atoms with Crippen LogP contribution in [0.2, 0.25) is 0 Å². The zero-order valence-corrected chi connectivity index (χ0v) is 10.3. The Morgan fingerprint density at radius 1 is 1.44 bits per heavy atom. The van der Waals surface area contributed by atoms with Crippen molar-refractivity contribution >= 4 is 15.9 Å². The van der Waals surface area contributed by atoms with E-state index in [0.717, 1.165) is 17.6 Å². The van der Waals surface area contributed by atoms with Crippen molar-refractivity contribution in [1.29, 1.82) is 0 Å². The van der Waals surface area contributed by atoms with E-state index in [1.54, 1.807) is 0 Å². The van der Waals surface area contributed by atoms with Crippen LogP contribution >= 0.6 is 15.9 Å². The molecule has 1 fully saturated rings. The number of rotatable bonds is 4. The molecule has 3 rings (SSSR count). The molecule has 2 aromatic heterocycles. The zero-order valence-electron chi connectivity index (χ0n) is 8.75. The lowest BCUT2D eigenvalue weighted by Crippen LogP contribution is -2.06. The third-order valence-corrected chi connectivity index (χ3v) is 3.31. The number of nitrogens with zero attached hydrogens (tertiary/aromatic N) is 5. The maximum absolute atomic E-state index is 4.20. The molecule has 0 unspecified atom stereocenters. The second-order valence-electron chi connectivity index (χ2n) is 4.06. The van der Waals surface area contributed by atoms with Crippen molar-refractivity contribution in [3.05, 3.63) is 30.1 Å². The molecule has 0 aliphatic heterocycles. The summed E-state index contributed by atoms with van der Waals surface area (Å²) in [6.45, 7) is 0.747. The molecule has 0 bridgehead atoms. The lowest BCUT2D eigenvalue weighted by Gasteiger charge is -2.05. The highest BCUT2D eigenvalue weighted by Crippen LogP contribution is 2.35. The minimum absolute atomic E-state index is 0.664. The molecular weight excluding hydrogens is 270 g/mol. The van der Waals surface area contributed by atoms with Crippen LogP contribution in [0.15, 0.2) is 18.7 Å². The van der Waals surface area contributed by atoms with Crippen molar-refractivity contribution in [2.24, 2.45) is 0 Å². The van der Waals surface area contributed by atoms with Gasteiger partial charge in [0.05, 0.1) is 30.5 Å². The highest BCUT2D eigenvalue weighted by atomic mass is 79.9. The Hall–Kier alpha value is -1.17. The molecule has 84 valence electrons. The molecule has 0 saturated heterocycles. The molecule has 2 heterocycles. The third-order valence-electron chi connectivity index (χ3n) is 2.73. The SMILES string of the molecule is BrCc1cn(Cc2cncn2C2CC2)nn1. The average molecular weight is 282 g/mol. The molecule has 1 aliphatic rings. The predicted molar refractivity (Wildman–Crippen MR) is 62.3 cm³/mol.